The molecule has 15 rings (SSSR count). The lowest BCUT2D eigenvalue weighted by molar-refractivity contribution is -0.153. The maximum Gasteiger partial charge on any atom is 0.329 e. The van der Waals surface area contributed by atoms with Crippen molar-refractivity contribution < 1.29 is 14.6 Å². The number of nitrogens with one attached hydrogen (secondary N) is 2. The molecule has 12 aromatic rings. The monoisotopic (exact) mass is 1240 g/mol. The number of imidazole rings is 3. The highest BCUT2D eigenvalue weighted by Gasteiger charge is 2.32. The molecule has 3 saturated carbocycles. The molecule has 478 valence electrons. The first-order valence-corrected chi connectivity index (χ1v) is 32.8. The zero-order chi connectivity index (χ0) is 63.9. The SMILES string of the molecule is CC(C)(C)C(=O)OCCCCn1c(Cn2c(=O)n(C3CC3)c3ccccc32)cc2[nH]c(=O)ccc21.CC(C)CCn1c(Cn2c(=O)n(C3CC3)c3ccccc32)cc2cccnc21.O=c1ccc2c(cc(Cn3c(=O)n(C4CC4)c4ccccc43)n2CCCCO)[nH]1. The summed E-state index contributed by atoms with van der Waals surface area (Å²) >= 11 is 0. The molecule has 9 aromatic heterocycles. The molecule has 3 fully saturated rings. The zero-order valence-electron chi connectivity index (χ0n) is 53.2. The first-order valence-electron chi connectivity index (χ1n) is 32.8. The van der Waals surface area contributed by atoms with Gasteiger partial charge in [0, 0.05) is 85.2 Å². The quantitative estimate of drug-likeness (QED) is 0.0459. The Hall–Kier alpha value is -9.43. The van der Waals surface area contributed by atoms with Crippen molar-refractivity contribution in [3.63, 3.8) is 0 Å². The minimum Gasteiger partial charge on any atom is -0.465 e. The van der Waals surface area contributed by atoms with Gasteiger partial charge in [0.1, 0.15) is 5.65 Å². The molecule has 0 amide bonds. The molecule has 92 heavy (non-hydrogen) atoms. The van der Waals surface area contributed by atoms with Gasteiger partial charge in [-0.05, 0) is 176 Å². The maximum absolute atomic E-state index is 13.4. The van der Waals surface area contributed by atoms with E-state index in [1.54, 1.807) is 0 Å². The number of H-pyrrole nitrogens is 2. The molecule has 0 atom stereocenters. The fourth-order valence-electron chi connectivity index (χ4n) is 13.0. The first-order chi connectivity index (χ1) is 44.5. The molecule has 20 heteroatoms. The summed E-state index contributed by atoms with van der Waals surface area (Å²) in [7, 11) is 0. The summed E-state index contributed by atoms with van der Waals surface area (Å²) in [5, 5.41) is 10.3. The van der Waals surface area contributed by atoms with Crippen LogP contribution in [0.15, 0.2) is 158 Å². The zero-order valence-corrected chi connectivity index (χ0v) is 53.2. The van der Waals surface area contributed by atoms with Crippen molar-refractivity contribution >= 4 is 72.2 Å². The van der Waals surface area contributed by atoms with Crippen molar-refractivity contribution in [3.8, 4) is 0 Å². The number of fused-ring (bicyclic) bond motifs is 6. The molecular formula is C72H82N12O8. The summed E-state index contributed by atoms with van der Waals surface area (Å²) in [4.78, 5) is 86.1. The number of aliphatic hydroxyl groups is 1. The van der Waals surface area contributed by atoms with Crippen molar-refractivity contribution in [1.29, 1.82) is 0 Å². The number of aryl methyl sites for hydroxylation is 3. The standard InChI is InChI=1S/C27H32N4O4.C23H26N4O.C22H24N4O3/c1-27(2,3)25(33)35-15-7-6-14-29-19(16-20-21(29)12-13-24(32)28-20)17-30-22-8-4-5-9-23(22)31(26(30)34)18-10-11-18;1-16(2)11-13-25-19(14-17-6-5-12-24-22(17)25)15-26-20-7-3-4-8-21(20)27(23(26)28)18-9-10-18;27-12-4-3-11-24-16(13-17-18(24)9-10-21(28)23-17)14-25-19-5-1-2-6-20(19)26(22(25)29)15-7-8-15/h4-5,8-9,12-13,16,18H,6-7,10-11,14-15,17H2,1-3H3,(H,28,32);3-8,12,14,16,18H,9-11,13,15H2,1-2H3;1-2,5-6,9-10,13,15,27H,3-4,7-8,11-12,14H2,(H,23,28). The Morgan fingerprint density at radius 3 is 1.35 bits per heavy atom. The van der Waals surface area contributed by atoms with Gasteiger partial charge in [0.15, 0.2) is 0 Å². The highest BCUT2D eigenvalue weighted by Crippen LogP contribution is 2.39. The van der Waals surface area contributed by atoms with Crippen LogP contribution in [-0.2, 0) is 48.8 Å². The van der Waals surface area contributed by atoms with Crippen molar-refractivity contribution in [2.24, 2.45) is 11.3 Å². The fourth-order valence-corrected chi connectivity index (χ4v) is 13.0. The van der Waals surface area contributed by atoms with Crippen LogP contribution < -0.4 is 28.2 Å². The summed E-state index contributed by atoms with van der Waals surface area (Å²) in [6, 6.07) is 41.9. The summed E-state index contributed by atoms with van der Waals surface area (Å²) in [5.74, 6) is 0.419. The Balaban J connectivity index is 0.000000127. The van der Waals surface area contributed by atoms with Crippen molar-refractivity contribution in [2.75, 3.05) is 13.2 Å². The van der Waals surface area contributed by atoms with Crippen LogP contribution in [0.25, 0.3) is 66.2 Å². The van der Waals surface area contributed by atoms with Gasteiger partial charge >= 0.3 is 23.0 Å². The third-order valence-corrected chi connectivity index (χ3v) is 18.1. The van der Waals surface area contributed by atoms with Gasteiger partial charge < -0.3 is 33.5 Å². The van der Waals surface area contributed by atoms with Crippen LogP contribution in [0.3, 0.4) is 0 Å². The molecule has 3 N–H and O–H groups in total. The summed E-state index contributed by atoms with van der Waals surface area (Å²) in [6.45, 7) is 14.3. The molecule has 9 heterocycles. The van der Waals surface area contributed by atoms with Gasteiger partial charge in [-0.15, -0.1) is 0 Å². The Kier molecular flexibility index (Phi) is 17.2. The Morgan fingerprint density at radius 1 is 0.511 bits per heavy atom. The van der Waals surface area contributed by atoms with Crippen molar-refractivity contribution in [2.45, 2.75) is 163 Å². The number of para-hydroxylation sites is 6. The number of pyridine rings is 3. The lowest BCUT2D eigenvalue weighted by Gasteiger charge is -2.16. The second-order valence-corrected chi connectivity index (χ2v) is 26.6. The van der Waals surface area contributed by atoms with Gasteiger partial charge in [0.25, 0.3) is 0 Å². The largest absolute Gasteiger partial charge is 0.465 e. The molecule has 0 saturated heterocycles. The number of esters is 1. The van der Waals surface area contributed by atoms with E-state index in [0.717, 1.165) is 161 Å². The van der Waals surface area contributed by atoms with E-state index < -0.39 is 5.41 Å². The molecule has 20 nitrogen and oxygen atoms in total. The number of benzene rings is 3. The predicted molar refractivity (Wildman–Crippen MR) is 361 cm³/mol. The van der Waals surface area contributed by atoms with E-state index in [-0.39, 0.29) is 46.8 Å². The van der Waals surface area contributed by atoms with E-state index in [1.807, 2.05) is 145 Å². The van der Waals surface area contributed by atoms with Gasteiger partial charge in [-0.1, -0.05) is 50.2 Å². The smallest absolute Gasteiger partial charge is 0.329 e. The molecule has 0 radical (unpaired) electrons. The van der Waals surface area contributed by atoms with Crippen LogP contribution in [0.4, 0.5) is 0 Å². The summed E-state index contributed by atoms with van der Waals surface area (Å²) in [6.07, 6.45) is 12.4. The van der Waals surface area contributed by atoms with E-state index in [0.29, 0.717) is 57.2 Å². The highest BCUT2D eigenvalue weighted by molar-refractivity contribution is 5.81. The molecule has 3 aliphatic carbocycles. The van der Waals surface area contributed by atoms with Gasteiger partial charge in [-0.3, -0.25) is 41.8 Å². The molecule has 0 bridgehead atoms. The number of hydrogen-bond acceptors (Lipinski definition) is 9. The number of ether oxygens (including phenoxy) is 1. The van der Waals surface area contributed by atoms with E-state index in [4.69, 9.17) is 9.84 Å². The number of hydrogen-bond donors (Lipinski definition) is 3. The van der Waals surface area contributed by atoms with E-state index in [2.05, 4.69) is 66.8 Å². The average Bonchev–Trinajstić information content (AvgIpc) is 1.69. The number of nitrogens with zero attached hydrogens (tertiary/aromatic N) is 10. The number of carbonyl (C=O) groups excluding carboxylic acids is 1. The molecular weight excluding hydrogens is 1160 g/mol. The first kappa shape index (κ1) is 61.4. The Bertz CT molecular complexity index is 5010. The third-order valence-electron chi connectivity index (χ3n) is 18.1. The molecule has 3 aliphatic rings. The summed E-state index contributed by atoms with van der Waals surface area (Å²) < 4.78 is 23.5. The van der Waals surface area contributed by atoms with Crippen LogP contribution in [0, 0.1) is 11.3 Å². The van der Waals surface area contributed by atoms with Gasteiger partial charge in [-0.25, -0.2) is 19.4 Å². The van der Waals surface area contributed by atoms with Crippen LogP contribution in [0.5, 0.6) is 0 Å². The minimum absolute atomic E-state index is 0.00749. The van der Waals surface area contributed by atoms with Gasteiger partial charge in [0.05, 0.1) is 86.8 Å². The number of aliphatic hydroxyl groups excluding tert-OH is 1. The number of aromatic amines is 2. The number of carbonyl (C=O) groups is 1. The number of unbranched alkanes of at least 4 members (excludes halogenated alkanes) is 2. The van der Waals surface area contributed by atoms with Gasteiger partial charge in [-0.2, -0.15) is 0 Å². The second-order valence-electron chi connectivity index (χ2n) is 26.6. The second kappa shape index (κ2) is 25.7. The van der Waals surface area contributed by atoms with E-state index in [9.17, 15) is 28.8 Å². The Morgan fingerprint density at radius 2 is 0.935 bits per heavy atom. The average molecular weight is 1240 g/mol. The fraction of sp³-hybridized carbons (Fsp3) is 0.403. The van der Waals surface area contributed by atoms with Crippen LogP contribution >= 0.6 is 0 Å². The van der Waals surface area contributed by atoms with Crippen molar-refractivity contribution in [3.05, 3.63) is 203 Å². The van der Waals surface area contributed by atoms with Crippen LogP contribution in [-0.4, -0.2) is 80.3 Å². The summed E-state index contributed by atoms with van der Waals surface area (Å²) in [5.41, 5.74) is 12.7. The minimum atomic E-state index is -0.511. The normalized spacial score (nSPS) is 14.3. The lowest BCUT2D eigenvalue weighted by Crippen LogP contribution is -2.25. The number of aromatic nitrogens is 12. The predicted octanol–water partition coefficient (Wildman–Crippen LogP) is 11.4. The third kappa shape index (κ3) is 12.6. The molecule has 0 spiro atoms. The maximum atomic E-state index is 13.4. The lowest BCUT2D eigenvalue weighted by atomic mass is 9.97. The Labute approximate surface area is 530 Å². The molecule has 3 aromatic carbocycles. The topological polar surface area (TPSA) is 221 Å². The van der Waals surface area contributed by atoms with Crippen LogP contribution in [0.2, 0.25) is 0 Å². The van der Waals surface area contributed by atoms with Crippen molar-refractivity contribution in [1.82, 2.24) is 56.1 Å². The van der Waals surface area contributed by atoms with Crippen LogP contribution in [0.1, 0.15) is 140 Å². The van der Waals surface area contributed by atoms with E-state index in [1.165, 1.54) is 12.1 Å². The van der Waals surface area contributed by atoms with Gasteiger partial charge in [0.2, 0.25) is 11.1 Å². The van der Waals surface area contributed by atoms with E-state index >= 15 is 0 Å². The number of rotatable bonds is 21. The molecule has 0 unspecified atom stereocenters. The highest BCUT2D eigenvalue weighted by atomic mass is 16.5. The molecule has 0 aliphatic heterocycles.